The van der Waals surface area contributed by atoms with Gasteiger partial charge in [-0.3, -0.25) is 4.79 Å². The molecule has 1 atom stereocenters. The Morgan fingerprint density at radius 1 is 1.12 bits per heavy atom. The number of aryl methyl sites for hydroxylation is 2. The molecule has 0 N–H and O–H groups in total. The number of nitrogens with zero attached hydrogens (tertiary/aromatic N) is 1. The number of ether oxygens (including phenoxy) is 1. The molecule has 0 aliphatic carbocycles. The molecule has 2 aromatic rings. The maximum atomic E-state index is 13.2. The van der Waals surface area contributed by atoms with Crippen LogP contribution in [0.2, 0.25) is 0 Å². The summed E-state index contributed by atoms with van der Waals surface area (Å²) in [6.45, 7) is 10.0. The van der Waals surface area contributed by atoms with Gasteiger partial charge in [-0.1, -0.05) is 72.3 Å². The summed E-state index contributed by atoms with van der Waals surface area (Å²) in [6.07, 6.45) is 5.29. The van der Waals surface area contributed by atoms with E-state index in [0.29, 0.717) is 5.57 Å². The van der Waals surface area contributed by atoms with Gasteiger partial charge in [-0.25, -0.2) is 8.42 Å². The van der Waals surface area contributed by atoms with E-state index in [-0.39, 0.29) is 24.6 Å². The Morgan fingerprint density at radius 3 is 2.47 bits per heavy atom. The van der Waals surface area contributed by atoms with Crippen LogP contribution in [0.1, 0.15) is 23.6 Å². The Bertz CT molecular complexity index is 1160. The Labute approximate surface area is 190 Å². The van der Waals surface area contributed by atoms with E-state index in [9.17, 15) is 13.2 Å². The minimum Gasteiger partial charge on any atom is -0.465 e. The molecule has 168 valence electrons. The van der Waals surface area contributed by atoms with Gasteiger partial charge in [-0.2, -0.15) is 4.31 Å². The summed E-state index contributed by atoms with van der Waals surface area (Å²) in [7, 11) is -3.71. The zero-order valence-corrected chi connectivity index (χ0v) is 19.6. The number of sulfonamides is 1. The zero-order chi connectivity index (χ0) is 23.3. The Morgan fingerprint density at radius 2 is 1.84 bits per heavy atom. The lowest BCUT2D eigenvalue weighted by Gasteiger charge is -2.18. The molecular formula is C26H29NO4S. The molecule has 0 saturated heterocycles. The van der Waals surface area contributed by atoms with Gasteiger partial charge in [0.25, 0.3) is 0 Å². The van der Waals surface area contributed by atoms with Gasteiger partial charge < -0.3 is 4.74 Å². The molecule has 1 heterocycles. The van der Waals surface area contributed by atoms with Crippen LogP contribution in [0.25, 0.3) is 6.08 Å². The number of rotatable bonds is 8. The van der Waals surface area contributed by atoms with Crippen LogP contribution in [0.5, 0.6) is 0 Å². The van der Waals surface area contributed by atoms with Gasteiger partial charge in [-0.05, 0) is 49.6 Å². The normalized spacial score (nSPS) is 15.8. The van der Waals surface area contributed by atoms with E-state index in [0.717, 1.165) is 22.3 Å². The van der Waals surface area contributed by atoms with E-state index in [1.54, 1.807) is 43.3 Å². The number of benzene rings is 2. The van der Waals surface area contributed by atoms with Crippen LogP contribution in [0.4, 0.5) is 0 Å². The molecule has 0 amide bonds. The lowest BCUT2D eigenvalue weighted by atomic mass is 9.94. The SMILES string of the molecule is C=CC1=C(C(C=Cc2cccc(C)c2)C(=O)OCC)CN(S(=O)(=O)c2ccc(C)cc2)C1. The highest BCUT2D eigenvalue weighted by atomic mass is 32.2. The topological polar surface area (TPSA) is 63.7 Å². The molecule has 1 aliphatic heterocycles. The van der Waals surface area contributed by atoms with Crippen LogP contribution in [-0.4, -0.2) is 38.4 Å². The average molecular weight is 452 g/mol. The second kappa shape index (κ2) is 10.1. The standard InChI is InChI=1S/C26H29NO4S/c1-5-22-17-27(32(29,30)23-13-10-19(3)11-14-23)18-25(22)24(26(28)31-6-2)15-12-21-9-7-8-20(4)16-21/h5,7-16,24H,1,6,17-18H2,2-4H3. The summed E-state index contributed by atoms with van der Waals surface area (Å²) in [5.74, 6) is -1.10. The van der Waals surface area contributed by atoms with Crippen molar-refractivity contribution in [3.05, 3.63) is 95.1 Å². The van der Waals surface area contributed by atoms with Crippen molar-refractivity contribution in [2.45, 2.75) is 25.7 Å². The summed E-state index contributed by atoms with van der Waals surface area (Å²) in [6, 6.07) is 14.7. The third kappa shape index (κ3) is 5.26. The van der Waals surface area contributed by atoms with Gasteiger partial charge in [0.1, 0.15) is 0 Å². The van der Waals surface area contributed by atoms with Crippen LogP contribution < -0.4 is 0 Å². The lowest BCUT2D eigenvalue weighted by Crippen LogP contribution is -2.31. The molecule has 3 rings (SSSR count). The van der Waals surface area contributed by atoms with Gasteiger partial charge in [0.2, 0.25) is 10.0 Å². The predicted molar refractivity (Wildman–Crippen MR) is 127 cm³/mol. The minimum atomic E-state index is -3.71. The Hall–Kier alpha value is -2.96. The fourth-order valence-corrected chi connectivity index (χ4v) is 5.11. The number of carbonyl (C=O) groups is 1. The molecule has 1 aliphatic rings. The van der Waals surface area contributed by atoms with Crippen LogP contribution >= 0.6 is 0 Å². The summed E-state index contributed by atoms with van der Waals surface area (Å²) in [5.41, 5.74) is 4.48. The highest BCUT2D eigenvalue weighted by Gasteiger charge is 2.36. The van der Waals surface area contributed by atoms with Crippen molar-refractivity contribution in [3.63, 3.8) is 0 Å². The number of hydrogen-bond donors (Lipinski definition) is 0. The predicted octanol–water partition coefficient (Wildman–Crippen LogP) is 4.68. The van der Waals surface area contributed by atoms with Crippen LogP contribution in [0.3, 0.4) is 0 Å². The van der Waals surface area contributed by atoms with Crippen molar-refractivity contribution < 1.29 is 17.9 Å². The van der Waals surface area contributed by atoms with E-state index in [1.165, 1.54) is 4.31 Å². The molecule has 5 nitrogen and oxygen atoms in total. The van der Waals surface area contributed by atoms with Gasteiger partial charge in [-0.15, -0.1) is 0 Å². The first-order valence-corrected chi connectivity index (χ1v) is 12.0. The number of esters is 1. The molecule has 0 radical (unpaired) electrons. The number of hydrogen-bond acceptors (Lipinski definition) is 4. The minimum absolute atomic E-state index is 0.110. The second-order valence-electron chi connectivity index (χ2n) is 7.84. The fourth-order valence-electron chi connectivity index (χ4n) is 3.71. The number of carbonyl (C=O) groups excluding carboxylic acids is 1. The lowest BCUT2D eigenvalue weighted by molar-refractivity contribution is -0.145. The average Bonchev–Trinajstić information content (AvgIpc) is 3.19. The third-order valence-corrected chi connectivity index (χ3v) is 7.26. The first-order chi connectivity index (χ1) is 15.3. The monoisotopic (exact) mass is 451 g/mol. The first-order valence-electron chi connectivity index (χ1n) is 10.6. The smallest absolute Gasteiger partial charge is 0.317 e. The molecule has 0 saturated carbocycles. The van der Waals surface area contributed by atoms with Gasteiger partial charge in [0.15, 0.2) is 0 Å². The first kappa shape index (κ1) is 23.7. The van der Waals surface area contributed by atoms with Crippen molar-refractivity contribution in [2.24, 2.45) is 5.92 Å². The molecule has 2 aromatic carbocycles. The van der Waals surface area contributed by atoms with Crippen molar-refractivity contribution in [2.75, 3.05) is 19.7 Å². The molecule has 32 heavy (non-hydrogen) atoms. The fraction of sp³-hybridized carbons (Fsp3) is 0.269. The van der Waals surface area contributed by atoms with Crippen molar-refractivity contribution in [3.8, 4) is 0 Å². The van der Waals surface area contributed by atoms with Crippen LogP contribution in [0, 0.1) is 19.8 Å². The van der Waals surface area contributed by atoms with E-state index in [2.05, 4.69) is 6.58 Å². The third-order valence-electron chi connectivity index (χ3n) is 5.45. The summed E-state index contributed by atoms with van der Waals surface area (Å²) >= 11 is 0. The molecule has 0 fully saturated rings. The summed E-state index contributed by atoms with van der Waals surface area (Å²) in [5, 5.41) is 0. The highest BCUT2D eigenvalue weighted by molar-refractivity contribution is 7.89. The molecule has 0 aromatic heterocycles. The van der Waals surface area contributed by atoms with Crippen LogP contribution in [-0.2, 0) is 19.6 Å². The maximum Gasteiger partial charge on any atom is 0.317 e. The van der Waals surface area contributed by atoms with Crippen molar-refractivity contribution >= 4 is 22.1 Å². The molecule has 0 spiro atoms. The van der Waals surface area contributed by atoms with Gasteiger partial charge in [0, 0.05) is 13.1 Å². The van der Waals surface area contributed by atoms with E-state index in [4.69, 9.17) is 4.74 Å². The van der Waals surface area contributed by atoms with Gasteiger partial charge in [0.05, 0.1) is 17.4 Å². The quantitative estimate of drug-likeness (QED) is 0.547. The van der Waals surface area contributed by atoms with E-state index >= 15 is 0 Å². The molecule has 0 bridgehead atoms. The maximum absolute atomic E-state index is 13.2. The van der Waals surface area contributed by atoms with Gasteiger partial charge >= 0.3 is 5.97 Å². The summed E-state index contributed by atoms with van der Waals surface area (Å²) < 4.78 is 33.1. The Kier molecular flexibility index (Phi) is 7.48. The van der Waals surface area contributed by atoms with Crippen molar-refractivity contribution in [1.29, 1.82) is 0 Å². The second-order valence-corrected chi connectivity index (χ2v) is 9.78. The Balaban J connectivity index is 1.93. The van der Waals surface area contributed by atoms with E-state index in [1.807, 2.05) is 44.2 Å². The molecular weight excluding hydrogens is 422 g/mol. The highest BCUT2D eigenvalue weighted by Crippen LogP contribution is 2.31. The largest absolute Gasteiger partial charge is 0.465 e. The molecule has 1 unspecified atom stereocenters. The van der Waals surface area contributed by atoms with Crippen LogP contribution in [0.15, 0.2) is 83.3 Å². The summed E-state index contributed by atoms with van der Waals surface area (Å²) in [4.78, 5) is 13.1. The van der Waals surface area contributed by atoms with Crippen molar-refractivity contribution in [1.82, 2.24) is 4.31 Å². The zero-order valence-electron chi connectivity index (χ0n) is 18.7. The molecule has 6 heteroatoms. The van der Waals surface area contributed by atoms with E-state index < -0.39 is 21.9 Å².